The Bertz CT molecular complexity index is 977. The van der Waals surface area contributed by atoms with Crippen LogP contribution < -0.4 is 10.6 Å². The summed E-state index contributed by atoms with van der Waals surface area (Å²) in [4.78, 5) is 37.6. The van der Waals surface area contributed by atoms with Gasteiger partial charge in [0.25, 0.3) is 5.91 Å². The standard InChI is InChI=1S/C16H21N3OS2.2C2HF3O2/c1-11-13(21-10-19-11)5-3-9-18-16(20)15-7-6-14(22-15)12-4-2-8-17-12;2*3-2(4,5)1(6)7/h6-7,10,12,17H,2-5,8-9H2,1H3,(H,18,20);2*(H,6,7). The van der Waals surface area contributed by atoms with E-state index in [0.717, 1.165) is 30.0 Å². The van der Waals surface area contributed by atoms with Gasteiger partial charge in [0.05, 0.1) is 16.1 Å². The van der Waals surface area contributed by atoms with Crippen LogP contribution in [0.1, 0.15) is 50.4 Å². The second kappa shape index (κ2) is 14.1. The molecule has 3 rings (SSSR count). The van der Waals surface area contributed by atoms with Crippen molar-refractivity contribution in [2.24, 2.45) is 0 Å². The van der Waals surface area contributed by atoms with E-state index in [2.05, 4.69) is 21.7 Å². The molecule has 2 aromatic rings. The lowest BCUT2D eigenvalue weighted by Gasteiger charge is -2.06. The van der Waals surface area contributed by atoms with E-state index in [4.69, 9.17) is 19.8 Å². The molecule has 0 spiro atoms. The molecular formula is C20H23F6N3O5S2. The third kappa shape index (κ3) is 11.3. The summed E-state index contributed by atoms with van der Waals surface area (Å²) < 4.78 is 63.5. The number of thiazole rings is 1. The van der Waals surface area contributed by atoms with Crippen LogP contribution in [0.25, 0.3) is 0 Å². The number of thiophene rings is 1. The molecule has 0 aromatic carbocycles. The van der Waals surface area contributed by atoms with Crippen LogP contribution >= 0.6 is 22.7 Å². The Morgan fingerprint density at radius 3 is 2.14 bits per heavy atom. The minimum absolute atomic E-state index is 0.0512. The average molecular weight is 564 g/mol. The molecule has 202 valence electrons. The number of nitrogens with one attached hydrogen (secondary N) is 2. The van der Waals surface area contributed by atoms with E-state index in [0.29, 0.717) is 12.6 Å². The number of carbonyl (C=O) groups excluding carboxylic acids is 1. The molecule has 2 aromatic heterocycles. The topological polar surface area (TPSA) is 129 Å². The maximum absolute atomic E-state index is 12.2. The molecule has 1 fully saturated rings. The first-order chi connectivity index (χ1) is 16.6. The molecule has 0 radical (unpaired) electrons. The first-order valence-electron chi connectivity index (χ1n) is 10.2. The number of aromatic nitrogens is 1. The summed E-state index contributed by atoms with van der Waals surface area (Å²) in [5.74, 6) is -5.46. The van der Waals surface area contributed by atoms with Crippen LogP contribution in [0.3, 0.4) is 0 Å². The molecule has 1 aliphatic rings. The van der Waals surface area contributed by atoms with E-state index < -0.39 is 24.3 Å². The summed E-state index contributed by atoms with van der Waals surface area (Å²) in [6, 6.07) is 4.48. The highest BCUT2D eigenvalue weighted by Gasteiger charge is 2.38. The van der Waals surface area contributed by atoms with Crippen molar-refractivity contribution in [1.82, 2.24) is 15.6 Å². The predicted molar refractivity (Wildman–Crippen MR) is 119 cm³/mol. The number of hydrogen-bond donors (Lipinski definition) is 4. The number of carboxylic acids is 2. The maximum atomic E-state index is 12.2. The minimum Gasteiger partial charge on any atom is -0.475 e. The van der Waals surface area contributed by atoms with Gasteiger partial charge < -0.3 is 20.8 Å². The van der Waals surface area contributed by atoms with E-state index in [9.17, 15) is 31.1 Å². The van der Waals surface area contributed by atoms with Crippen molar-refractivity contribution in [3.05, 3.63) is 38.0 Å². The number of aliphatic carboxylic acids is 2. The summed E-state index contributed by atoms with van der Waals surface area (Å²) in [6.07, 6.45) is -5.83. The molecule has 16 heteroatoms. The van der Waals surface area contributed by atoms with Crippen molar-refractivity contribution in [3.8, 4) is 0 Å². The number of aryl methyl sites for hydroxylation is 2. The van der Waals surface area contributed by atoms with Crippen molar-refractivity contribution in [3.63, 3.8) is 0 Å². The molecule has 1 aliphatic heterocycles. The summed E-state index contributed by atoms with van der Waals surface area (Å²) >= 11 is 3.31. The van der Waals surface area contributed by atoms with Gasteiger partial charge in [0, 0.05) is 22.3 Å². The van der Waals surface area contributed by atoms with Crippen LogP contribution in [0.4, 0.5) is 26.3 Å². The van der Waals surface area contributed by atoms with Gasteiger partial charge in [-0.1, -0.05) is 0 Å². The Hall–Kier alpha value is -2.72. The number of carbonyl (C=O) groups is 3. The van der Waals surface area contributed by atoms with Crippen LogP contribution in [0.15, 0.2) is 17.6 Å². The van der Waals surface area contributed by atoms with Crippen molar-refractivity contribution < 1.29 is 50.9 Å². The number of nitrogens with zero attached hydrogens (tertiary/aromatic N) is 1. The lowest BCUT2D eigenvalue weighted by molar-refractivity contribution is -0.193. The number of carboxylic acid groups (broad SMARTS) is 2. The van der Waals surface area contributed by atoms with Gasteiger partial charge in [0.1, 0.15) is 0 Å². The van der Waals surface area contributed by atoms with Crippen molar-refractivity contribution in [2.75, 3.05) is 13.1 Å². The lowest BCUT2D eigenvalue weighted by atomic mass is 10.2. The number of rotatable bonds is 6. The smallest absolute Gasteiger partial charge is 0.475 e. The molecule has 1 atom stereocenters. The van der Waals surface area contributed by atoms with E-state index in [1.54, 1.807) is 22.7 Å². The Kier molecular flexibility index (Phi) is 12.3. The average Bonchev–Trinajstić information content (AvgIpc) is 3.52. The SMILES string of the molecule is Cc1ncsc1CCCNC(=O)c1ccc(C2CCCN2)s1.O=C(O)C(F)(F)F.O=C(O)C(F)(F)F. The predicted octanol–water partition coefficient (Wildman–Crippen LogP) is 4.57. The number of alkyl halides is 6. The molecule has 8 nitrogen and oxygen atoms in total. The second-order valence-electron chi connectivity index (χ2n) is 7.18. The molecular weight excluding hydrogens is 540 g/mol. The van der Waals surface area contributed by atoms with Gasteiger partial charge in [-0.3, -0.25) is 4.79 Å². The number of amides is 1. The van der Waals surface area contributed by atoms with E-state index in [-0.39, 0.29) is 5.91 Å². The monoisotopic (exact) mass is 563 g/mol. The van der Waals surface area contributed by atoms with Crippen LogP contribution in [0.2, 0.25) is 0 Å². The molecule has 1 unspecified atom stereocenters. The fourth-order valence-electron chi connectivity index (χ4n) is 2.69. The van der Waals surface area contributed by atoms with Crippen LogP contribution in [-0.2, 0) is 16.0 Å². The molecule has 3 heterocycles. The molecule has 1 saturated heterocycles. The highest BCUT2D eigenvalue weighted by Crippen LogP contribution is 2.29. The third-order valence-corrected chi connectivity index (χ3v) is 6.64. The van der Waals surface area contributed by atoms with Gasteiger partial charge in [0.2, 0.25) is 0 Å². The highest BCUT2D eigenvalue weighted by atomic mass is 32.1. The quantitative estimate of drug-likeness (QED) is 0.300. The second-order valence-corrected chi connectivity index (χ2v) is 9.23. The van der Waals surface area contributed by atoms with E-state index in [1.807, 2.05) is 18.5 Å². The van der Waals surface area contributed by atoms with Gasteiger partial charge >= 0.3 is 24.3 Å². The van der Waals surface area contributed by atoms with Crippen LogP contribution in [-0.4, -0.2) is 58.5 Å². The first kappa shape index (κ1) is 31.3. The number of halogens is 6. The van der Waals surface area contributed by atoms with Gasteiger partial charge in [-0.05, 0) is 51.3 Å². The minimum atomic E-state index is -5.08. The molecule has 1 amide bonds. The summed E-state index contributed by atoms with van der Waals surface area (Å²) in [7, 11) is 0. The first-order valence-corrected chi connectivity index (χ1v) is 11.9. The normalized spacial score (nSPS) is 15.2. The highest BCUT2D eigenvalue weighted by molar-refractivity contribution is 7.14. The zero-order chi connectivity index (χ0) is 27.5. The molecule has 0 saturated carbocycles. The van der Waals surface area contributed by atoms with Crippen molar-refractivity contribution in [2.45, 2.75) is 51.0 Å². The van der Waals surface area contributed by atoms with E-state index >= 15 is 0 Å². The molecule has 36 heavy (non-hydrogen) atoms. The Morgan fingerprint density at radius 2 is 1.69 bits per heavy atom. The largest absolute Gasteiger partial charge is 0.490 e. The zero-order valence-electron chi connectivity index (χ0n) is 18.7. The van der Waals surface area contributed by atoms with E-state index in [1.165, 1.54) is 22.6 Å². The molecule has 4 N–H and O–H groups in total. The van der Waals surface area contributed by atoms with Gasteiger partial charge in [-0.2, -0.15) is 26.3 Å². The summed E-state index contributed by atoms with van der Waals surface area (Å²) in [5.41, 5.74) is 3.00. The van der Waals surface area contributed by atoms with Crippen molar-refractivity contribution >= 4 is 40.5 Å². The van der Waals surface area contributed by atoms with Crippen LogP contribution in [0.5, 0.6) is 0 Å². The Labute approximate surface area is 209 Å². The van der Waals surface area contributed by atoms with Gasteiger partial charge in [-0.25, -0.2) is 14.6 Å². The Morgan fingerprint density at radius 1 is 1.11 bits per heavy atom. The fraction of sp³-hybridized carbons (Fsp3) is 0.500. The summed E-state index contributed by atoms with van der Waals surface area (Å²) in [6.45, 7) is 3.83. The number of hydrogen-bond acceptors (Lipinski definition) is 7. The third-order valence-electron chi connectivity index (χ3n) is 4.45. The fourth-order valence-corrected chi connectivity index (χ4v) is 4.55. The molecule has 0 aliphatic carbocycles. The van der Waals surface area contributed by atoms with Gasteiger partial charge in [0.15, 0.2) is 0 Å². The summed E-state index contributed by atoms with van der Waals surface area (Å²) in [5, 5.41) is 20.7. The van der Waals surface area contributed by atoms with Crippen molar-refractivity contribution in [1.29, 1.82) is 0 Å². The zero-order valence-corrected chi connectivity index (χ0v) is 20.3. The Balaban J connectivity index is 0.000000383. The lowest BCUT2D eigenvalue weighted by Crippen LogP contribution is -2.23. The van der Waals surface area contributed by atoms with Crippen LogP contribution in [0, 0.1) is 6.92 Å². The van der Waals surface area contributed by atoms with Gasteiger partial charge in [-0.15, -0.1) is 22.7 Å². The molecule has 0 bridgehead atoms. The maximum Gasteiger partial charge on any atom is 0.490 e.